The molecule has 1 amide bonds. The molecule has 23 heavy (non-hydrogen) atoms. The van der Waals surface area contributed by atoms with Crippen molar-refractivity contribution >= 4 is 5.91 Å². The lowest BCUT2D eigenvalue weighted by atomic mass is 10.1. The van der Waals surface area contributed by atoms with E-state index < -0.39 is 0 Å². The van der Waals surface area contributed by atoms with Crippen molar-refractivity contribution in [3.63, 3.8) is 0 Å². The van der Waals surface area contributed by atoms with Crippen LogP contribution >= 0.6 is 0 Å². The molecule has 0 fully saturated rings. The summed E-state index contributed by atoms with van der Waals surface area (Å²) in [5.41, 5.74) is 1.33. The third-order valence-electron chi connectivity index (χ3n) is 3.60. The molecule has 0 radical (unpaired) electrons. The van der Waals surface area contributed by atoms with Gasteiger partial charge in [0, 0.05) is 24.5 Å². The van der Waals surface area contributed by atoms with Crippen molar-refractivity contribution in [1.29, 1.82) is 0 Å². The number of imidazole rings is 1. The first-order valence-corrected chi connectivity index (χ1v) is 7.48. The van der Waals surface area contributed by atoms with Gasteiger partial charge in [0.1, 0.15) is 18.0 Å². The first kappa shape index (κ1) is 15.0. The van der Waals surface area contributed by atoms with Crippen LogP contribution in [0.15, 0.2) is 43.0 Å². The lowest BCUT2D eigenvalue weighted by Gasteiger charge is -2.15. The van der Waals surface area contributed by atoms with Crippen molar-refractivity contribution in [2.45, 2.75) is 26.4 Å². The van der Waals surface area contributed by atoms with Gasteiger partial charge >= 0.3 is 0 Å². The second-order valence-electron chi connectivity index (χ2n) is 5.11. The maximum atomic E-state index is 12.7. The highest BCUT2D eigenvalue weighted by atomic mass is 16.1. The number of amides is 1. The highest BCUT2D eigenvalue weighted by molar-refractivity contribution is 6.00. The molecule has 0 unspecified atom stereocenters. The number of nitrogens with one attached hydrogen (secondary N) is 2. The van der Waals surface area contributed by atoms with Crippen LogP contribution in [0.1, 0.15) is 36.1 Å². The van der Waals surface area contributed by atoms with Crippen molar-refractivity contribution < 1.29 is 4.79 Å². The van der Waals surface area contributed by atoms with Crippen LogP contribution in [0.5, 0.6) is 0 Å². The van der Waals surface area contributed by atoms with Crippen molar-refractivity contribution in [3.8, 4) is 11.4 Å². The van der Waals surface area contributed by atoms with Gasteiger partial charge in [-0.25, -0.2) is 14.6 Å². The molecule has 0 bridgehead atoms. The summed E-state index contributed by atoms with van der Waals surface area (Å²) in [4.78, 5) is 24.1. The highest BCUT2D eigenvalue weighted by Crippen LogP contribution is 2.20. The number of carbonyl (C=O) groups excluding carboxylic acids is 1. The summed E-state index contributed by atoms with van der Waals surface area (Å²) in [5.74, 6) is 1.23. The number of aromatic amines is 1. The average molecular weight is 310 g/mol. The van der Waals surface area contributed by atoms with Crippen molar-refractivity contribution in [1.82, 2.24) is 30.0 Å². The minimum Gasteiger partial charge on any atom is -0.345 e. The van der Waals surface area contributed by atoms with Crippen LogP contribution in [0.2, 0.25) is 0 Å². The normalized spacial score (nSPS) is 12.1. The average Bonchev–Trinajstić information content (AvgIpc) is 3.25. The van der Waals surface area contributed by atoms with Crippen LogP contribution in [0.4, 0.5) is 0 Å². The van der Waals surface area contributed by atoms with Crippen molar-refractivity contribution in [2.75, 3.05) is 0 Å². The van der Waals surface area contributed by atoms with E-state index in [1.54, 1.807) is 23.1 Å². The van der Waals surface area contributed by atoms with Gasteiger partial charge in [0.05, 0.1) is 11.6 Å². The Morgan fingerprint density at radius 1 is 1.35 bits per heavy atom. The summed E-state index contributed by atoms with van der Waals surface area (Å²) in [5, 5.41) is 7.10. The fraction of sp³-hybridized carbons (Fsp3) is 0.250. The zero-order chi connectivity index (χ0) is 16.2. The topological polar surface area (TPSA) is 88.5 Å². The monoisotopic (exact) mass is 310 g/mol. The van der Waals surface area contributed by atoms with Crippen LogP contribution in [0.25, 0.3) is 11.4 Å². The molecular formula is C16H18N6O. The van der Waals surface area contributed by atoms with Gasteiger partial charge in [0.25, 0.3) is 5.91 Å². The fourth-order valence-corrected chi connectivity index (χ4v) is 2.49. The number of benzene rings is 1. The largest absolute Gasteiger partial charge is 0.345 e. The molecule has 0 saturated heterocycles. The molecule has 3 aromatic rings. The summed E-state index contributed by atoms with van der Waals surface area (Å²) in [6.45, 7) is 4.58. The number of rotatable bonds is 5. The molecule has 2 aromatic heterocycles. The minimum atomic E-state index is -0.241. The molecule has 2 heterocycles. The Balaban J connectivity index is 1.84. The Morgan fingerprint density at radius 3 is 2.91 bits per heavy atom. The van der Waals surface area contributed by atoms with E-state index >= 15 is 0 Å². The van der Waals surface area contributed by atoms with Gasteiger partial charge in [-0.3, -0.25) is 4.79 Å². The minimum absolute atomic E-state index is 0.171. The van der Waals surface area contributed by atoms with Gasteiger partial charge in [0.2, 0.25) is 0 Å². The number of carbonyl (C=O) groups is 1. The number of aromatic nitrogens is 5. The van der Waals surface area contributed by atoms with Crippen molar-refractivity contribution in [3.05, 3.63) is 54.4 Å². The predicted molar refractivity (Wildman–Crippen MR) is 85.6 cm³/mol. The van der Waals surface area contributed by atoms with E-state index in [9.17, 15) is 4.79 Å². The van der Waals surface area contributed by atoms with E-state index in [1.807, 2.05) is 32.0 Å². The number of hydrogen-bond donors (Lipinski definition) is 2. The zero-order valence-corrected chi connectivity index (χ0v) is 13.0. The number of nitrogens with zero attached hydrogens (tertiary/aromatic N) is 4. The summed E-state index contributed by atoms with van der Waals surface area (Å²) in [6.07, 6.45) is 4.89. The first-order valence-electron chi connectivity index (χ1n) is 7.48. The maximum Gasteiger partial charge on any atom is 0.252 e. The summed E-state index contributed by atoms with van der Waals surface area (Å²) in [6, 6.07) is 7.12. The maximum absolute atomic E-state index is 12.7. The molecular weight excluding hydrogens is 292 g/mol. The molecule has 3 rings (SSSR count). The summed E-state index contributed by atoms with van der Waals surface area (Å²) in [7, 11) is 0. The van der Waals surface area contributed by atoms with E-state index in [0.717, 1.165) is 11.4 Å². The van der Waals surface area contributed by atoms with Gasteiger partial charge in [0.15, 0.2) is 0 Å². The van der Waals surface area contributed by atoms with E-state index in [1.165, 1.54) is 6.33 Å². The molecule has 0 aliphatic carbocycles. The molecule has 0 saturated carbocycles. The van der Waals surface area contributed by atoms with Crippen LogP contribution < -0.4 is 5.32 Å². The summed E-state index contributed by atoms with van der Waals surface area (Å²) >= 11 is 0. The lowest BCUT2D eigenvalue weighted by Crippen LogP contribution is -2.29. The Morgan fingerprint density at radius 2 is 2.17 bits per heavy atom. The lowest BCUT2D eigenvalue weighted by molar-refractivity contribution is 0.0938. The fourth-order valence-electron chi connectivity index (χ4n) is 2.49. The van der Waals surface area contributed by atoms with Crippen LogP contribution in [-0.4, -0.2) is 30.6 Å². The van der Waals surface area contributed by atoms with E-state index in [-0.39, 0.29) is 11.9 Å². The second kappa shape index (κ2) is 6.43. The molecule has 118 valence electrons. The van der Waals surface area contributed by atoms with E-state index in [0.29, 0.717) is 17.9 Å². The molecule has 2 N–H and O–H groups in total. The smallest absolute Gasteiger partial charge is 0.252 e. The van der Waals surface area contributed by atoms with Gasteiger partial charge < -0.3 is 10.3 Å². The molecule has 0 aliphatic rings. The van der Waals surface area contributed by atoms with Crippen molar-refractivity contribution in [2.24, 2.45) is 0 Å². The Bertz CT molecular complexity index is 793. The van der Waals surface area contributed by atoms with Crippen LogP contribution in [-0.2, 0) is 6.54 Å². The van der Waals surface area contributed by atoms with E-state index in [2.05, 4.69) is 25.4 Å². The zero-order valence-electron chi connectivity index (χ0n) is 13.0. The predicted octanol–water partition coefficient (Wildman–Crippen LogP) is 2.18. The van der Waals surface area contributed by atoms with Crippen LogP contribution in [0, 0.1) is 0 Å². The van der Waals surface area contributed by atoms with Gasteiger partial charge in [-0.1, -0.05) is 18.2 Å². The third-order valence-corrected chi connectivity index (χ3v) is 3.60. The van der Waals surface area contributed by atoms with Crippen LogP contribution in [0.3, 0.4) is 0 Å². The highest BCUT2D eigenvalue weighted by Gasteiger charge is 2.19. The Labute approximate surface area is 133 Å². The molecule has 1 atom stereocenters. The second-order valence-corrected chi connectivity index (χ2v) is 5.11. The number of aryl methyl sites for hydroxylation is 1. The number of hydrogen-bond acceptors (Lipinski definition) is 4. The quantitative estimate of drug-likeness (QED) is 0.756. The SMILES string of the molecule is CCn1ncnc1[C@@H](C)NC(=O)c1ccccc1-c1ncc[nH]1. The Hall–Kier alpha value is -2.96. The van der Waals surface area contributed by atoms with Gasteiger partial charge in [-0.2, -0.15) is 5.10 Å². The molecule has 0 spiro atoms. The Kier molecular flexibility index (Phi) is 4.18. The summed E-state index contributed by atoms with van der Waals surface area (Å²) < 4.78 is 1.77. The molecule has 7 nitrogen and oxygen atoms in total. The third kappa shape index (κ3) is 2.98. The molecule has 1 aromatic carbocycles. The van der Waals surface area contributed by atoms with Gasteiger partial charge in [-0.15, -0.1) is 0 Å². The standard InChI is InChI=1S/C16H18N6O/c1-3-22-15(19-10-20-22)11(2)21-16(23)13-7-5-4-6-12(13)14-17-8-9-18-14/h4-11H,3H2,1-2H3,(H,17,18)(H,21,23)/t11-/m1/s1. The first-order chi connectivity index (χ1) is 11.2. The molecule has 7 heteroatoms. The van der Waals surface area contributed by atoms with E-state index in [4.69, 9.17) is 0 Å². The molecule has 0 aliphatic heterocycles. The van der Waals surface area contributed by atoms with Gasteiger partial charge in [-0.05, 0) is 19.9 Å². The number of H-pyrrole nitrogens is 1.